The zero-order valence-electron chi connectivity index (χ0n) is 18.8. The average Bonchev–Trinajstić information content (AvgIpc) is 3.52. The maximum Gasteiger partial charge on any atom is 0.261 e. The summed E-state index contributed by atoms with van der Waals surface area (Å²) in [7, 11) is 0. The van der Waals surface area contributed by atoms with E-state index in [1.54, 1.807) is 19.1 Å². The molecule has 2 heterocycles. The third-order valence-electron chi connectivity index (χ3n) is 6.15. The predicted molar refractivity (Wildman–Crippen MR) is 127 cm³/mol. The Kier molecular flexibility index (Phi) is 6.01. The Morgan fingerprint density at radius 2 is 1.97 bits per heavy atom. The second kappa shape index (κ2) is 8.18. The van der Waals surface area contributed by atoms with Gasteiger partial charge in [-0.2, -0.15) is 0 Å². The van der Waals surface area contributed by atoms with Gasteiger partial charge in [-0.1, -0.05) is 22.9 Å². The standard InChI is InChI=1S/C23H30ClN3O3S/c1-14(26-31(29)22(2,3)4)17-12-15(24)13-18-19(17)25-21(23(5)8-10-30-11-9-23)27(20(18)28)16-6-7-16/h12-13,16H,6-11H2,1-5H3. The van der Waals surface area contributed by atoms with Crippen LogP contribution in [0.2, 0.25) is 5.02 Å². The number of nitrogens with zero attached hydrogens (tertiary/aromatic N) is 3. The lowest BCUT2D eigenvalue weighted by Gasteiger charge is -2.35. The van der Waals surface area contributed by atoms with E-state index < -0.39 is 16.1 Å². The molecule has 0 radical (unpaired) electrons. The molecule has 2 aliphatic rings. The SMILES string of the molecule is CC(=N[S+]([O-])C(C)(C)C)c1cc(Cl)cc2c(=O)n(C3CC3)c(C3(C)CCOCC3)nc12. The Hall–Kier alpha value is -1.41. The first-order valence-corrected chi connectivity index (χ1v) is 12.3. The van der Waals surface area contributed by atoms with E-state index in [1.165, 1.54) is 0 Å². The van der Waals surface area contributed by atoms with Crippen LogP contribution in [0.3, 0.4) is 0 Å². The number of hydrogen-bond acceptors (Lipinski definition) is 5. The molecule has 0 bridgehead atoms. The quantitative estimate of drug-likeness (QED) is 0.485. The molecule has 1 atom stereocenters. The summed E-state index contributed by atoms with van der Waals surface area (Å²) in [4.78, 5) is 18.8. The van der Waals surface area contributed by atoms with Crippen molar-refractivity contribution in [1.82, 2.24) is 9.55 Å². The predicted octanol–water partition coefficient (Wildman–Crippen LogP) is 4.72. The van der Waals surface area contributed by atoms with Crippen molar-refractivity contribution >= 4 is 39.6 Å². The van der Waals surface area contributed by atoms with Gasteiger partial charge in [0.25, 0.3) is 5.56 Å². The van der Waals surface area contributed by atoms with Crippen LogP contribution in [-0.4, -0.2) is 37.8 Å². The molecule has 0 N–H and O–H groups in total. The molecule has 1 saturated heterocycles. The molecule has 4 rings (SSSR count). The fourth-order valence-electron chi connectivity index (χ4n) is 4.00. The Morgan fingerprint density at radius 3 is 2.55 bits per heavy atom. The van der Waals surface area contributed by atoms with E-state index >= 15 is 0 Å². The largest absolute Gasteiger partial charge is 0.591 e. The van der Waals surface area contributed by atoms with Crippen LogP contribution in [0.1, 0.15) is 77.7 Å². The second-order valence-corrected chi connectivity index (χ2v) is 12.2. The van der Waals surface area contributed by atoms with E-state index in [9.17, 15) is 9.35 Å². The lowest BCUT2D eigenvalue weighted by Crippen LogP contribution is -2.38. The summed E-state index contributed by atoms with van der Waals surface area (Å²) in [6.45, 7) is 10.9. The maximum absolute atomic E-state index is 13.7. The number of halogens is 1. The molecule has 1 aromatic carbocycles. The zero-order chi connectivity index (χ0) is 22.6. The van der Waals surface area contributed by atoms with Gasteiger partial charge >= 0.3 is 0 Å². The third-order valence-corrected chi connectivity index (χ3v) is 7.86. The van der Waals surface area contributed by atoms with E-state index in [1.807, 2.05) is 25.3 Å². The minimum Gasteiger partial charge on any atom is -0.591 e. The van der Waals surface area contributed by atoms with Crippen molar-refractivity contribution in [1.29, 1.82) is 0 Å². The van der Waals surface area contributed by atoms with Gasteiger partial charge in [0.1, 0.15) is 21.9 Å². The van der Waals surface area contributed by atoms with Crippen LogP contribution in [0.4, 0.5) is 0 Å². The molecule has 0 amide bonds. The molecule has 1 aromatic heterocycles. The van der Waals surface area contributed by atoms with Crippen LogP contribution in [-0.2, 0) is 21.5 Å². The van der Waals surface area contributed by atoms with Crippen molar-refractivity contribution in [3.8, 4) is 0 Å². The fourth-order valence-corrected chi connectivity index (χ4v) is 4.84. The minimum atomic E-state index is -1.43. The van der Waals surface area contributed by atoms with Crippen LogP contribution < -0.4 is 5.56 Å². The molecule has 0 spiro atoms. The van der Waals surface area contributed by atoms with Gasteiger partial charge in [-0.05, 0) is 65.5 Å². The second-order valence-electron chi connectivity index (χ2n) is 9.90. The molecule has 8 heteroatoms. The molecule has 31 heavy (non-hydrogen) atoms. The summed E-state index contributed by atoms with van der Waals surface area (Å²) in [6.07, 6.45) is 3.62. The molecule has 2 aromatic rings. The Balaban J connectivity index is 1.97. The van der Waals surface area contributed by atoms with E-state index in [-0.39, 0.29) is 17.0 Å². The molecule has 6 nitrogen and oxygen atoms in total. The summed E-state index contributed by atoms with van der Waals surface area (Å²) in [5.41, 5.74) is 1.53. The van der Waals surface area contributed by atoms with E-state index in [0.717, 1.165) is 31.5 Å². The van der Waals surface area contributed by atoms with E-state index in [4.69, 9.17) is 21.3 Å². The number of aromatic nitrogens is 2. The van der Waals surface area contributed by atoms with Gasteiger partial charge in [0.15, 0.2) is 0 Å². The number of ether oxygens (including phenoxy) is 1. The Morgan fingerprint density at radius 1 is 1.32 bits per heavy atom. The normalized spacial score (nSPS) is 20.8. The Labute approximate surface area is 191 Å². The van der Waals surface area contributed by atoms with Crippen molar-refractivity contribution in [3.05, 3.63) is 38.9 Å². The van der Waals surface area contributed by atoms with Crippen molar-refractivity contribution in [2.75, 3.05) is 13.2 Å². The highest BCUT2D eigenvalue weighted by atomic mass is 35.5. The molecule has 1 unspecified atom stereocenters. The van der Waals surface area contributed by atoms with Gasteiger partial charge in [-0.3, -0.25) is 9.36 Å². The van der Waals surface area contributed by atoms with Crippen LogP contribution in [0.15, 0.2) is 21.3 Å². The molecule has 2 fully saturated rings. The van der Waals surface area contributed by atoms with Crippen molar-refractivity contribution < 1.29 is 9.29 Å². The molecular formula is C23H30ClN3O3S. The van der Waals surface area contributed by atoms with Crippen molar-refractivity contribution in [2.24, 2.45) is 4.40 Å². The van der Waals surface area contributed by atoms with Crippen LogP contribution >= 0.6 is 11.6 Å². The summed E-state index contributed by atoms with van der Waals surface area (Å²) in [5.74, 6) is 0.823. The Bertz CT molecular complexity index is 1100. The lowest BCUT2D eigenvalue weighted by atomic mass is 9.81. The van der Waals surface area contributed by atoms with Crippen LogP contribution in [0.25, 0.3) is 10.9 Å². The van der Waals surface area contributed by atoms with Gasteiger partial charge in [0.05, 0.1) is 16.6 Å². The summed E-state index contributed by atoms with van der Waals surface area (Å²) < 4.78 is 24.1. The minimum absolute atomic E-state index is 0.0521. The first kappa shape index (κ1) is 22.8. The van der Waals surface area contributed by atoms with Gasteiger partial charge in [0.2, 0.25) is 0 Å². The molecular weight excluding hydrogens is 434 g/mol. The van der Waals surface area contributed by atoms with Gasteiger partial charge in [-0.15, -0.1) is 0 Å². The number of rotatable bonds is 4. The molecule has 1 aliphatic carbocycles. The highest BCUT2D eigenvalue weighted by Crippen LogP contribution is 2.41. The molecule has 1 saturated carbocycles. The number of benzene rings is 1. The van der Waals surface area contributed by atoms with Crippen LogP contribution in [0, 0.1) is 0 Å². The molecule has 168 valence electrons. The van der Waals surface area contributed by atoms with E-state index in [2.05, 4.69) is 11.3 Å². The fraction of sp³-hybridized carbons (Fsp3) is 0.609. The highest BCUT2D eigenvalue weighted by Gasteiger charge is 2.39. The first-order chi connectivity index (χ1) is 14.5. The summed E-state index contributed by atoms with van der Waals surface area (Å²) >= 11 is 4.98. The topological polar surface area (TPSA) is 79.5 Å². The summed E-state index contributed by atoms with van der Waals surface area (Å²) in [6, 6.07) is 3.66. The summed E-state index contributed by atoms with van der Waals surface area (Å²) in [5, 5.41) is 0.940. The van der Waals surface area contributed by atoms with Crippen molar-refractivity contribution in [3.63, 3.8) is 0 Å². The maximum atomic E-state index is 13.7. The van der Waals surface area contributed by atoms with Gasteiger partial charge in [0, 0.05) is 35.3 Å². The lowest BCUT2D eigenvalue weighted by molar-refractivity contribution is 0.0519. The number of hydrogen-bond donors (Lipinski definition) is 0. The van der Waals surface area contributed by atoms with Crippen molar-refractivity contribution in [2.45, 2.75) is 76.5 Å². The monoisotopic (exact) mass is 463 g/mol. The smallest absolute Gasteiger partial charge is 0.261 e. The third kappa shape index (κ3) is 4.42. The van der Waals surface area contributed by atoms with Crippen LogP contribution in [0.5, 0.6) is 0 Å². The van der Waals surface area contributed by atoms with Gasteiger partial charge in [-0.25, -0.2) is 4.98 Å². The van der Waals surface area contributed by atoms with E-state index in [0.29, 0.717) is 40.4 Å². The first-order valence-electron chi connectivity index (χ1n) is 10.8. The molecule has 1 aliphatic heterocycles. The average molecular weight is 464 g/mol. The number of fused-ring (bicyclic) bond motifs is 1. The zero-order valence-corrected chi connectivity index (χ0v) is 20.4. The van der Waals surface area contributed by atoms with Gasteiger partial charge < -0.3 is 9.29 Å². The highest BCUT2D eigenvalue weighted by molar-refractivity contribution is 7.91.